The van der Waals surface area contributed by atoms with Crippen LogP contribution in [0.15, 0.2) is 41.6 Å². The SMILES string of the molecule is O=S(=O)(Nc1cc(Cl)ccc1Cl)c1ncccc1F. The monoisotopic (exact) mass is 320 g/mol. The molecule has 19 heavy (non-hydrogen) atoms. The summed E-state index contributed by atoms with van der Waals surface area (Å²) >= 11 is 11.6. The Morgan fingerprint density at radius 3 is 2.63 bits per heavy atom. The van der Waals surface area contributed by atoms with E-state index in [1.165, 1.54) is 30.5 Å². The van der Waals surface area contributed by atoms with Gasteiger partial charge in [-0.2, -0.15) is 8.42 Å². The number of nitrogens with zero attached hydrogens (tertiary/aromatic N) is 1. The molecule has 0 spiro atoms. The van der Waals surface area contributed by atoms with E-state index in [9.17, 15) is 12.8 Å². The highest BCUT2D eigenvalue weighted by atomic mass is 35.5. The molecule has 0 saturated carbocycles. The predicted molar refractivity (Wildman–Crippen MR) is 71.5 cm³/mol. The van der Waals surface area contributed by atoms with Gasteiger partial charge in [-0.3, -0.25) is 4.72 Å². The number of halogens is 3. The number of benzene rings is 1. The third-order valence-corrected chi connectivity index (χ3v) is 4.01. The number of aromatic nitrogens is 1. The fourth-order valence-electron chi connectivity index (χ4n) is 1.34. The maximum Gasteiger partial charge on any atom is 0.282 e. The van der Waals surface area contributed by atoms with E-state index in [0.717, 1.165) is 6.07 Å². The Hall–Kier alpha value is -1.37. The van der Waals surface area contributed by atoms with Crippen LogP contribution >= 0.6 is 23.2 Å². The fourth-order valence-corrected chi connectivity index (χ4v) is 2.81. The molecule has 0 aliphatic rings. The van der Waals surface area contributed by atoms with Crippen LogP contribution < -0.4 is 4.72 Å². The maximum absolute atomic E-state index is 13.4. The zero-order valence-corrected chi connectivity index (χ0v) is 11.6. The van der Waals surface area contributed by atoms with Crippen LogP contribution in [-0.4, -0.2) is 13.4 Å². The van der Waals surface area contributed by atoms with Crippen molar-refractivity contribution < 1.29 is 12.8 Å². The number of nitrogens with one attached hydrogen (secondary N) is 1. The average Bonchev–Trinajstić information content (AvgIpc) is 2.34. The molecule has 1 N–H and O–H groups in total. The van der Waals surface area contributed by atoms with Crippen LogP contribution in [0.2, 0.25) is 10.0 Å². The zero-order valence-electron chi connectivity index (χ0n) is 9.27. The number of pyridine rings is 1. The molecule has 100 valence electrons. The third-order valence-electron chi connectivity index (χ3n) is 2.15. The molecule has 4 nitrogen and oxygen atoms in total. The Bertz CT molecular complexity index is 722. The van der Waals surface area contributed by atoms with E-state index in [-0.39, 0.29) is 10.7 Å². The van der Waals surface area contributed by atoms with Crippen LogP contribution in [0.5, 0.6) is 0 Å². The van der Waals surface area contributed by atoms with Crippen molar-refractivity contribution >= 4 is 38.9 Å². The molecule has 8 heteroatoms. The van der Waals surface area contributed by atoms with Gasteiger partial charge in [0.15, 0.2) is 5.82 Å². The molecule has 0 saturated heterocycles. The molecule has 0 aliphatic carbocycles. The van der Waals surface area contributed by atoms with E-state index in [2.05, 4.69) is 9.71 Å². The summed E-state index contributed by atoms with van der Waals surface area (Å²) in [6.07, 6.45) is 1.18. The lowest BCUT2D eigenvalue weighted by Crippen LogP contribution is -2.16. The van der Waals surface area contributed by atoms with Crippen LogP contribution in [0.1, 0.15) is 0 Å². The van der Waals surface area contributed by atoms with Crippen molar-refractivity contribution in [1.82, 2.24) is 4.98 Å². The van der Waals surface area contributed by atoms with Gasteiger partial charge in [0.2, 0.25) is 5.03 Å². The topological polar surface area (TPSA) is 59.1 Å². The Labute approximate surface area is 119 Å². The first-order valence-corrected chi connectivity index (χ1v) is 7.22. The highest BCUT2D eigenvalue weighted by Crippen LogP contribution is 2.27. The molecular formula is C11H7Cl2FN2O2S. The van der Waals surface area contributed by atoms with Crippen molar-refractivity contribution in [3.8, 4) is 0 Å². The van der Waals surface area contributed by atoms with Crippen molar-refractivity contribution in [3.05, 3.63) is 52.4 Å². The lowest BCUT2D eigenvalue weighted by Gasteiger charge is -2.09. The molecule has 0 unspecified atom stereocenters. The summed E-state index contributed by atoms with van der Waals surface area (Å²) in [7, 11) is -4.16. The lowest BCUT2D eigenvalue weighted by molar-refractivity contribution is 0.557. The predicted octanol–water partition coefficient (Wildman–Crippen LogP) is 3.33. The van der Waals surface area contributed by atoms with Crippen LogP contribution in [0, 0.1) is 5.82 Å². The Balaban J connectivity index is 2.43. The summed E-state index contributed by atoms with van der Waals surface area (Å²) in [4.78, 5) is 3.50. The summed E-state index contributed by atoms with van der Waals surface area (Å²) in [5.41, 5.74) is 0.0548. The molecular weight excluding hydrogens is 314 g/mol. The second-order valence-corrected chi connectivity index (χ2v) is 5.96. The van der Waals surface area contributed by atoms with Crippen molar-refractivity contribution in [2.45, 2.75) is 5.03 Å². The van der Waals surface area contributed by atoms with E-state index < -0.39 is 20.9 Å². The molecule has 0 aliphatic heterocycles. The van der Waals surface area contributed by atoms with Gasteiger partial charge in [0, 0.05) is 11.2 Å². The standard InChI is InChI=1S/C11H7Cl2FN2O2S/c12-7-3-4-8(13)10(6-7)16-19(17,18)11-9(14)2-1-5-15-11/h1-6,16H. The summed E-state index contributed by atoms with van der Waals surface area (Å²) < 4.78 is 39.5. The summed E-state index contributed by atoms with van der Waals surface area (Å²) in [6.45, 7) is 0. The normalized spacial score (nSPS) is 11.3. The first-order valence-electron chi connectivity index (χ1n) is 4.98. The van der Waals surface area contributed by atoms with Crippen LogP contribution in [-0.2, 0) is 10.0 Å². The molecule has 2 rings (SSSR count). The van der Waals surface area contributed by atoms with Gasteiger partial charge in [-0.05, 0) is 30.3 Å². The van der Waals surface area contributed by atoms with E-state index in [0.29, 0.717) is 5.02 Å². The van der Waals surface area contributed by atoms with Gasteiger partial charge < -0.3 is 0 Å². The summed E-state index contributed by atoms with van der Waals surface area (Å²) in [6, 6.07) is 6.55. The van der Waals surface area contributed by atoms with Crippen molar-refractivity contribution in [1.29, 1.82) is 0 Å². The van der Waals surface area contributed by atoms with Gasteiger partial charge in [-0.25, -0.2) is 9.37 Å². The zero-order chi connectivity index (χ0) is 14.0. The summed E-state index contributed by atoms with van der Waals surface area (Å²) in [5.74, 6) is -0.951. The van der Waals surface area contributed by atoms with Crippen LogP contribution in [0.25, 0.3) is 0 Å². The minimum atomic E-state index is -4.16. The van der Waals surface area contributed by atoms with Crippen molar-refractivity contribution in [2.24, 2.45) is 0 Å². The minimum Gasteiger partial charge on any atom is -0.277 e. The van der Waals surface area contributed by atoms with Crippen LogP contribution in [0.3, 0.4) is 0 Å². The van der Waals surface area contributed by atoms with E-state index in [1.807, 2.05) is 0 Å². The minimum absolute atomic E-state index is 0.0548. The quantitative estimate of drug-likeness (QED) is 0.943. The number of hydrogen-bond acceptors (Lipinski definition) is 3. The van der Waals surface area contributed by atoms with E-state index in [4.69, 9.17) is 23.2 Å². The summed E-state index contributed by atoms with van der Waals surface area (Å²) in [5, 5.41) is -0.265. The Morgan fingerprint density at radius 1 is 1.21 bits per heavy atom. The first-order chi connectivity index (χ1) is 8.90. The van der Waals surface area contributed by atoms with Gasteiger partial charge in [0.25, 0.3) is 10.0 Å². The Morgan fingerprint density at radius 2 is 1.95 bits per heavy atom. The molecule has 0 fully saturated rings. The molecule has 1 aromatic carbocycles. The fraction of sp³-hybridized carbons (Fsp3) is 0. The molecule has 1 heterocycles. The van der Waals surface area contributed by atoms with E-state index in [1.54, 1.807) is 0 Å². The molecule has 1 aromatic heterocycles. The van der Waals surface area contributed by atoms with Gasteiger partial charge in [-0.1, -0.05) is 23.2 Å². The Kier molecular flexibility index (Phi) is 3.93. The molecule has 0 bridgehead atoms. The van der Waals surface area contributed by atoms with Gasteiger partial charge in [0.1, 0.15) is 0 Å². The first kappa shape index (κ1) is 14.0. The maximum atomic E-state index is 13.4. The number of anilines is 1. The second-order valence-electron chi connectivity index (χ2n) is 3.52. The van der Waals surface area contributed by atoms with Crippen LogP contribution in [0.4, 0.5) is 10.1 Å². The van der Waals surface area contributed by atoms with Gasteiger partial charge in [0.05, 0.1) is 10.7 Å². The largest absolute Gasteiger partial charge is 0.282 e. The molecule has 0 radical (unpaired) electrons. The lowest BCUT2D eigenvalue weighted by atomic mass is 10.3. The molecule has 0 atom stereocenters. The number of rotatable bonds is 3. The number of sulfonamides is 1. The second kappa shape index (κ2) is 5.32. The highest BCUT2D eigenvalue weighted by Gasteiger charge is 2.21. The molecule has 0 amide bonds. The highest BCUT2D eigenvalue weighted by molar-refractivity contribution is 7.92. The van der Waals surface area contributed by atoms with Gasteiger partial charge >= 0.3 is 0 Å². The smallest absolute Gasteiger partial charge is 0.277 e. The van der Waals surface area contributed by atoms with Crippen molar-refractivity contribution in [3.63, 3.8) is 0 Å². The van der Waals surface area contributed by atoms with E-state index >= 15 is 0 Å². The van der Waals surface area contributed by atoms with Crippen molar-refractivity contribution in [2.75, 3.05) is 4.72 Å². The third kappa shape index (κ3) is 3.15. The number of hydrogen-bond donors (Lipinski definition) is 1. The van der Waals surface area contributed by atoms with Gasteiger partial charge in [-0.15, -0.1) is 0 Å². The average molecular weight is 321 g/mol. The molecule has 2 aromatic rings.